The fourth-order valence-electron chi connectivity index (χ4n) is 0.743. The zero-order chi connectivity index (χ0) is 8.58. The van der Waals surface area contributed by atoms with Crippen LogP contribution in [0.1, 0.15) is 27.7 Å². The largest absolute Gasteiger partial charge is 0.127 e. The van der Waals surface area contributed by atoms with Crippen molar-refractivity contribution in [1.29, 1.82) is 0 Å². The summed E-state index contributed by atoms with van der Waals surface area (Å²) in [6.45, 7) is 11.5. The summed E-state index contributed by atoms with van der Waals surface area (Å²) < 4.78 is 0. The lowest BCUT2D eigenvalue weighted by atomic mass is 10.5. The van der Waals surface area contributed by atoms with Crippen molar-refractivity contribution in [2.24, 2.45) is 0 Å². The quantitative estimate of drug-likeness (QED) is 0.594. The van der Waals surface area contributed by atoms with Gasteiger partial charge in [-0.15, -0.1) is 18.5 Å². The Bertz CT molecular complexity index is 93.0. The summed E-state index contributed by atoms with van der Waals surface area (Å²) in [5.41, 5.74) is 0. The lowest BCUT2D eigenvalue weighted by Crippen LogP contribution is -2.18. The Labute approximate surface area is 71.1 Å². The molecule has 0 aromatic heterocycles. The second-order valence-electron chi connectivity index (χ2n) is 3.87. The first-order valence-electron chi connectivity index (χ1n) is 3.47. The second-order valence-corrected chi connectivity index (χ2v) is 11.1. The number of hydrogen-bond donors (Lipinski definition) is 0. The van der Waals surface area contributed by atoms with E-state index in [2.05, 4.69) is 52.8 Å². The van der Waals surface area contributed by atoms with E-state index in [9.17, 15) is 0 Å². The molecule has 62 valence electrons. The molecule has 3 heteroatoms. The molecular weight excluding hydrogens is 177 g/mol. The van der Waals surface area contributed by atoms with Crippen molar-refractivity contribution >= 4 is 26.4 Å². The lowest BCUT2D eigenvalue weighted by molar-refractivity contribution is 0.929. The zero-order valence-corrected chi connectivity index (χ0v) is 10.8. The Morgan fingerprint density at radius 2 is 1.10 bits per heavy atom. The minimum absolute atomic E-state index is 0.0633. The fourth-order valence-corrected chi connectivity index (χ4v) is 4.67. The summed E-state index contributed by atoms with van der Waals surface area (Å²) in [6, 6.07) is 0. The highest BCUT2D eigenvalue weighted by Gasteiger charge is 2.30. The molecule has 0 bridgehead atoms. The molecule has 0 radical (unpaired) electrons. The summed E-state index contributed by atoms with van der Waals surface area (Å²) in [5, 5.41) is 0. The van der Waals surface area contributed by atoms with E-state index >= 15 is 0 Å². The summed E-state index contributed by atoms with van der Waals surface area (Å²) in [4.78, 5) is 0.807. The molecule has 10 heavy (non-hydrogen) atoms. The molecule has 0 aliphatic carbocycles. The van der Waals surface area contributed by atoms with E-state index in [0.29, 0.717) is 9.79 Å². The highest BCUT2D eigenvalue weighted by Crippen LogP contribution is 2.62. The van der Waals surface area contributed by atoms with Crippen molar-refractivity contribution in [3.63, 3.8) is 0 Å². The summed E-state index contributed by atoms with van der Waals surface area (Å²) in [6.07, 6.45) is 0. The molecular formula is C7H19P3. The SMILES string of the molecule is CP(C(C)(C)P)C(C)(C)P. The molecule has 0 spiro atoms. The first-order chi connectivity index (χ1) is 4.15. The second kappa shape index (κ2) is 3.35. The van der Waals surface area contributed by atoms with E-state index < -0.39 is 0 Å². The van der Waals surface area contributed by atoms with E-state index in [1.165, 1.54) is 0 Å². The summed E-state index contributed by atoms with van der Waals surface area (Å²) in [7, 11) is 5.93. The molecule has 0 nitrogen and oxygen atoms in total. The Kier molecular flexibility index (Phi) is 3.78. The maximum absolute atomic E-state index is 2.93. The van der Waals surface area contributed by atoms with Gasteiger partial charge in [0, 0.05) is 0 Å². The van der Waals surface area contributed by atoms with Crippen LogP contribution in [0.25, 0.3) is 0 Å². The smallest absolute Gasteiger partial charge is 0.000152 e. The van der Waals surface area contributed by atoms with Gasteiger partial charge in [-0.05, 0) is 16.5 Å². The number of hydrogen-bond acceptors (Lipinski definition) is 0. The Morgan fingerprint density at radius 3 is 1.10 bits per heavy atom. The first-order valence-corrected chi connectivity index (χ1v) is 6.42. The van der Waals surface area contributed by atoms with Crippen molar-refractivity contribution < 1.29 is 0 Å². The van der Waals surface area contributed by atoms with Gasteiger partial charge in [0.1, 0.15) is 0 Å². The van der Waals surface area contributed by atoms with Gasteiger partial charge in [-0.2, -0.15) is 0 Å². The van der Waals surface area contributed by atoms with Gasteiger partial charge in [0.05, 0.1) is 0 Å². The maximum Gasteiger partial charge on any atom is -0.000152 e. The molecule has 0 aromatic rings. The molecule has 0 rings (SSSR count). The normalized spacial score (nSPS) is 14.4. The van der Waals surface area contributed by atoms with Crippen molar-refractivity contribution in [2.75, 3.05) is 6.66 Å². The lowest BCUT2D eigenvalue weighted by Gasteiger charge is -2.38. The molecule has 0 aliphatic heterocycles. The average Bonchev–Trinajstić information content (AvgIpc) is 1.59. The minimum atomic E-state index is 0.0633. The molecule has 2 unspecified atom stereocenters. The molecule has 0 aliphatic rings. The summed E-state index contributed by atoms with van der Waals surface area (Å²) in [5.74, 6) is 0. The first kappa shape index (κ1) is 11.3. The van der Waals surface area contributed by atoms with Gasteiger partial charge in [-0.25, -0.2) is 0 Å². The van der Waals surface area contributed by atoms with Crippen molar-refractivity contribution in [3.05, 3.63) is 0 Å². The van der Waals surface area contributed by atoms with Crippen molar-refractivity contribution in [3.8, 4) is 0 Å². The standard InChI is InChI=1S/C7H19P3/c1-6(2,8)10(5)7(3,4)9/h8-9H2,1-5H3. The maximum atomic E-state index is 2.93. The van der Waals surface area contributed by atoms with Crippen LogP contribution in [0.4, 0.5) is 0 Å². The monoisotopic (exact) mass is 196 g/mol. The van der Waals surface area contributed by atoms with Gasteiger partial charge in [0.25, 0.3) is 0 Å². The number of rotatable bonds is 2. The third kappa shape index (κ3) is 3.61. The Balaban J connectivity index is 4.23. The van der Waals surface area contributed by atoms with Crippen LogP contribution in [0.2, 0.25) is 0 Å². The van der Waals surface area contributed by atoms with Crippen molar-refractivity contribution in [2.45, 2.75) is 37.5 Å². The van der Waals surface area contributed by atoms with Gasteiger partial charge in [-0.3, -0.25) is 0 Å². The zero-order valence-electron chi connectivity index (χ0n) is 7.60. The predicted molar refractivity (Wildman–Crippen MR) is 60.4 cm³/mol. The molecule has 2 atom stereocenters. The Morgan fingerprint density at radius 1 is 0.900 bits per heavy atom. The molecule has 0 saturated carbocycles. The fraction of sp³-hybridized carbons (Fsp3) is 1.00. The topological polar surface area (TPSA) is 0 Å². The molecule has 0 fully saturated rings. The minimum Gasteiger partial charge on any atom is -0.127 e. The molecule has 0 N–H and O–H groups in total. The van der Waals surface area contributed by atoms with E-state index in [-0.39, 0.29) is 7.92 Å². The van der Waals surface area contributed by atoms with E-state index in [4.69, 9.17) is 0 Å². The van der Waals surface area contributed by atoms with E-state index in [0.717, 1.165) is 0 Å². The van der Waals surface area contributed by atoms with Crippen LogP contribution < -0.4 is 0 Å². The van der Waals surface area contributed by atoms with Crippen LogP contribution in [-0.4, -0.2) is 16.5 Å². The highest BCUT2D eigenvalue weighted by atomic mass is 31.2. The average molecular weight is 196 g/mol. The van der Waals surface area contributed by atoms with Crippen LogP contribution >= 0.6 is 26.4 Å². The molecule has 0 amide bonds. The highest BCUT2D eigenvalue weighted by molar-refractivity contribution is 7.72. The van der Waals surface area contributed by atoms with Crippen LogP contribution in [-0.2, 0) is 0 Å². The van der Waals surface area contributed by atoms with E-state index in [1.54, 1.807) is 0 Å². The third-order valence-electron chi connectivity index (χ3n) is 1.73. The van der Waals surface area contributed by atoms with Crippen LogP contribution in [0.15, 0.2) is 0 Å². The van der Waals surface area contributed by atoms with Gasteiger partial charge >= 0.3 is 0 Å². The van der Waals surface area contributed by atoms with Crippen LogP contribution in [0, 0.1) is 0 Å². The van der Waals surface area contributed by atoms with Gasteiger partial charge in [0.2, 0.25) is 0 Å². The van der Waals surface area contributed by atoms with Gasteiger partial charge < -0.3 is 0 Å². The Hall–Kier alpha value is 1.29. The van der Waals surface area contributed by atoms with Crippen molar-refractivity contribution in [1.82, 2.24) is 0 Å². The molecule has 0 saturated heterocycles. The van der Waals surface area contributed by atoms with Gasteiger partial charge in [-0.1, -0.05) is 35.6 Å². The van der Waals surface area contributed by atoms with Crippen LogP contribution in [0.3, 0.4) is 0 Å². The van der Waals surface area contributed by atoms with E-state index in [1.807, 2.05) is 0 Å². The van der Waals surface area contributed by atoms with Crippen LogP contribution in [0.5, 0.6) is 0 Å². The van der Waals surface area contributed by atoms with Gasteiger partial charge in [0.15, 0.2) is 0 Å². The predicted octanol–water partition coefficient (Wildman–Crippen LogP) is 3.32. The summed E-state index contributed by atoms with van der Waals surface area (Å²) >= 11 is 0. The molecule has 0 heterocycles. The third-order valence-corrected chi connectivity index (χ3v) is 7.51. The molecule has 0 aromatic carbocycles.